The fourth-order valence-electron chi connectivity index (χ4n) is 1.32. The first-order chi connectivity index (χ1) is 8.58. The molecule has 0 fully saturated rings. The second-order valence-electron chi connectivity index (χ2n) is 3.84. The van der Waals surface area contributed by atoms with E-state index in [-0.39, 0.29) is 11.2 Å². The van der Waals surface area contributed by atoms with Crippen LogP contribution >= 0.6 is 23.1 Å². The third-order valence-corrected chi connectivity index (χ3v) is 3.98. The molecule has 0 aliphatic rings. The van der Waals surface area contributed by atoms with Crippen molar-refractivity contribution >= 4 is 29.0 Å². The number of nitrogens with zero attached hydrogens (tertiary/aromatic N) is 3. The summed E-state index contributed by atoms with van der Waals surface area (Å²) in [6, 6.07) is 3.84. The van der Waals surface area contributed by atoms with Crippen molar-refractivity contribution in [1.29, 1.82) is 0 Å². The summed E-state index contributed by atoms with van der Waals surface area (Å²) in [6.45, 7) is 1.82. The van der Waals surface area contributed by atoms with Crippen LogP contribution in [-0.4, -0.2) is 40.3 Å². The second kappa shape index (κ2) is 5.53. The largest absolute Gasteiger partial charge is 0.410 e. The molecule has 7 heteroatoms. The van der Waals surface area contributed by atoms with E-state index in [1.54, 1.807) is 19.0 Å². The van der Waals surface area contributed by atoms with Crippen LogP contribution in [0.4, 0.5) is 0 Å². The molecular weight excluding hydrogens is 270 g/mol. The van der Waals surface area contributed by atoms with E-state index in [4.69, 9.17) is 4.42 Å². The van der Waals surface area contributed by atoms with Crippen LogP contribution in [0.25, 0.3) is 10.8 Å². The Morgan fingerprint density at radius 2 is 2.28 bits per heavy atom. The van der Waals surface area contributed by atoms with E-state index >= 15 is 0 Å². The van der Waals surface area contributed by atoms with Crippen molar-refractivity contribution in [3.05, 3.63) is 17.5 Å². The molecule has 1 amide bonds. The van der Waals surface area contributed by atoms with Crippen LogP contribution in [0.1, 0.15) is 6.92 Å². The SMILES string of the molecule is C[C@@H](Sc1nnc(-c2cccs2)o1)C(=O)N(C)C. The molecule has 0 unspecified atom stereocenters. The average molecular weight is 283 g/mol. The van der Waals surface area contributed by atoms with Gasteiger partial charge in [0, 0.05) is 14.1 Å². The molecule has 2 aromatic rings. The van der Waals surface area contributed by atoms with Gasteiger partial charge in [-0.25, -0.2) is 0 Å². The number of carbonyl (C=O) groups excluding carboxylic acids is 1. The highest BCUT2D eigenvalue weighted by molar-refractivity contribution is 8.00. The maximum atomic E-state index is 11.7. The molecule has 0 bridgehead atoms. The van der Waals surface area contributed by atoms with Crippen LogP contribution in [0, 0.1) is 0 Å². The second-order valence-corrected chi connectivity index (χ2v) is 6.08. The molecule has 0 saturated carbocycles. The zero-order valence-electron chi connectivity index (χ0n) is 10.3. The van der Waals surface area contributed by atoms with Gasteiger partial charge in [-0.1, -0.05) is 17.8 Å². The summed E-state index contributed by atoms with van der Waals surface area (Å²) >= 11 is 2.81. The van der Waals surface area contributed by atoms with Crippen LogP contribution in [0.2, 0.25) is 0 Å². The maximum Gasteiger partial charge on any atom is 0.277 e. The van der Waals surface area contributed by atoms with Gasteiger partial charge in [-0.3, -0.25) is 4.79 Å². The normalized spacial score (nSPS) is 12.4. The minimum absolute atomic E-state index is 0.0240. The molecule has 2 heterocycles. The first-order valence-corrected chi connectivity index (χ1v) is 7.09. The lowest BCUT2D eigenvalue weighted by atomic mass is 10.4. The van der Waals surface area contributed by atoms with Gasteiger partial charge in [-0.05, 0) is 18.4 Å². The van der Waals surface area contributed by atoms with Gasteiger partial charge in [0.05, 0.1) is 10.1 Å². The fraction of sp³-hybridized carbons (Fsp3) is 0.364. The molecule has 96 valence electrons. The maximum absolute atomic E-state index is 11.7. The monoisotopic (exact) mass is 283 g/mol. The predicted molar refractivity (Wildman–Crippen MR) is 71.6 cm³/mol. The van der Waals surface area contributed by atoms with Gasteiger partial charge >= 0.3 is 0 Å². The molecule has 0 aliphatic carbocycles. The van der Waals surface area contributed by atoms with E-state index in [0.29, 0.717) is 11.1 Å². The molecule has 5 nitrogen and oxygen atoms in total. The Kier molecular flexibility index (Phi) is 4.03. The standard InChI is InChI=1S/C11H13N3O2S2/c1-7(10(15)14(2)3)18-11-13-12-9(16-11)8-5-4-6-17-8/h4-7H,1-3H3/t7-/m1/s1. The molecule has 0 saturated heterocycles. The quantitative estimate of drug-likeness (QED) is 0.806. The summed E-state index contributed by atoms with van der Waals surface area (Å²) in [5.41, 5.74) is 0. The van der Waals surface area contributed by atoms with Gasteiger partial charge in [0.25, 0.3) is 11.1 Å². The first kappa shape index (κ1) is 13.1. The fourth-order valence-corrected chi connectivity index (χ4v) is 2.80. The molecule has 2 rings (SSSR count). The zero-order valence-corrected chi connectivity index (χ0v) is 11.9. The molecule has 2 aromatic heterocycles. The topological polar surface area (TPSA) is 59.2 Å². The molecule has 18 heavy (non-hydrogen) atoms. The van der Waals surface area contributed by atoms with Gasteiger partial charge in [-0.15, -0.1) is 21.5 Å². The predicted octanol–water partition coefficient (Wildman–Crippen LogP) is 2.37. The number of rotatable bonds is 4. The summed E-state index contributed by atoms with van der Waals surface area (Å²) in [6.07, 6.45) is 0. The summed E-state index contributed by atoms with van der Waals surface area (Å²) in [7, 11) is 3.45. The van der Waals surface area contributed by atoms with E-state index in [9.17, 15) is 4.79 Å². The highest BCUT2D eigenvalue weighted by Gasteiger charge is 2.20. The third-order valence-electron chi connectivity index (χ3n) is 2.20. The Balaban J connectivity index is 2.05. The van der Waals surface area contributed by atoms with E-state index in [2.05, 4.69) is 10.2 Å². The summed E-state index contributed by atoms with van der Waals surface area (Å²) in [5, 5.41) is 10.0. The van der Waals surface area contributed by atoms with Gasteiger partial charge in [0.2, 0.25) is 5.91 Å². The number of hydrogen-bond acceptors (Lipinski definition) is 6. The van der Waals surface area contributed by atoms with Crippen molar-refractivity contribution in [3.8, 4) is 10.8 Å². The van der Waals surface area contributed by atoms with Gasteiger partial charge < -0.3 is 9.32 Å². The minimum Gasteiger partial charge on any atom is -0.410 e. The number of hydrogen-bond donors (Lipinski definition) is 0. The first-order valence-electron chi connectivity index (χ1n) is 5.33. The molecule has 1 atom stereocenters. The van der Waals surface area contributed by atoms with E-state index in [1.165, 1.54) is 23.1 Å². The minimum atomic E-state index is -0.239. The van der Waals surface area contributed by atoms with Crippen molar-refractivity contribution in [1.82, 2.24) is 15.1 Å². The summed E-state index contributed by atoms with van der Waals surface area (Å²) in [5.74, 6) is 0.521. The number of thiophene rings is 1. The van der Waals surface area contributed by atoms with Crippen molar-refractivity contribution in [2.45, 2.75) is 17.4 Å². The van der Waals surface area contributed by atoms with Crippen LogP contribution in [0.5, 0.6) is 0 Å². The lowest BCUT2D eigenvalue weighted by Gasteiger charge is -2.14. The highest BCUT2D eigenvalue weighted by atomic mass is 32.2. The highest BCUT2D eigenvalue weighted by Crippen LogP contribution is 2.28. The Bertz CT molecular complexity index is 522. The van der Waals surface area contributed by atoms with Crippen LogP contribution in [-0.2, 0) is 4.79 Å². The smallest absolute Gasteiger partial charge is 0.277 e. The van der Waals surface area contributed by atoms with Gasteiger partial charge in [-0.2, -0.15) is 0 Å². The Hall–Kier alpha value is -1.34. The molecule has 0 spiro atoms. The molecule has 0 aliphatic heterocycles. The Morgan fingerprint density at radius 1 is 1.50 bits per heavy atom. The molecular formula is C11H13N3O2S2. The molecule has 0 radical (unpaired) electrons. The zero-order chi connectivity index (χ0) is 13.1. The van der Waals surface area contributed by atoms with Crippen molar-refractivity contribution in [2.24, 2.45) is 0 Å². The summed E-state index contributed by atoms with van der Waals surface area (Å²) in [4.78, 5) is 14.2. The number of aromatic nitrogens is 2. The Morgan fingerprint density at radius 3 is 2.89 bits per heavy atom. The number of thioether (sulfide) groups is 1. The van der Waals surface area contributed by atoms with Gasteiger partial charge in [0.15, 0.2) is 0 Å². The molecule has 0 aromatic carbocycles. The van der Waals surface area contributed by atoms with Crippen molar-refractivity contribution in [3.63, 3.8) is 0 Å². The number of amides is 1. The Labute approximate surface area is 113 Å². The summed E-state index contributed by atoms with van der Waals surface area (Å²) < 4.78 is 5.51. The van der Waals surface area contributed by atoms with Gasteiger partial charge in [0.1, 0.15) is 0 Å². The van der Waals surface area contributed by atoms with Crippen LogP contribution < -0.4 is 0 Å². The van der Waals surface area contributed by atoms with Crippen LogP contribution in [0.15, 0.2) is 27.2 Å². The van der Waals surface area contributed by atoms with E-state index in [0.717, 1.165) is 4.88 Å². The number of carbonyl (C=O) groups is 1. The average Bonchev–Trinajstić information content (AvgIpc) is 2.96. The van der Waals surface area contributed by atoms with E-state index < -0.39 is 0 Å². The molecule has 0 N–H and O–H groups in total. The lowest BCUT2D eigenvalue weighted by Crippen LogP contribution is -2.29. The lowest BCUT2D eigenvalue weighted by molar-refractivity contribution is -0.127. The van der Waals surface area contributed by atoms with Crippen LogP contribution in [0.3, 0.4) is 0 Å². The van der Waals surface area contributed by atoms with Crippen molar-refractivity contribution in [2.75, 3.05) is 14.1 Å². The van der Waals surface area contributed by atoms with Crippen molar-refractivity contribution < 1.29 is 9.21 Å². The van der Waals surface area contributed by atoms with E-state index in [1.807, 2.05) is 24.4 Å². The third kappa shape index (κ3) is 2.91.